The van der Waals surface area contributed by atoms with Gasteiger partial charge < -0.3 is 4.90 Å². The maximum absolute atomic E-state index is 12.5. The monoisotopic (exact) mass is 290 g/mol. The second kappa shape index (κ2) is 5.36. The normalized spacial score (nSPS) is 18.7. The van der Waals surface area contributed by atoms with E-state index in [4.69, 9.17) is 0 Å². The van der Waals surface area contributed by atoms with E-state index in [1.165, 1.54) is 0 Å². The lowest BCUT2D eigenvalue weighted by atomic mass is 10.1. The number of nitrogens with zero attached hydrogens (tertiary/aromatic N) is 4. The SMILES string of the molecule is Cc1nc(CC(=O)N2CCC[C@@H]2c2cnn(C)c2)cs1. The maximum atomic E-state index is 12.5. The van der Waals surface area contributed by atoms with Crippen molar-refractivity contribution in [3.05, 3.63) is 34.0 Å². The Bertz CT molecular complexity index is 618. The molecule has 0 aromatic carbocycles. The molecule has 0 bridgehead atoms. The topological polar surface area (TPSA) is 51.0 Å². The Morgan fingerprint density at radius 3 is 3.05 bits per heavy atom. The van der Waals surface area contributed by atoms with Crippen LogP contribution in [-0.4, -0.2) is 32.1 Å². The first-order chi connectivity index (χ1) is 9.63. The maximum Gasteiger partial charge on any atom is 0.229 e. The van der Waals surface area contributed by atoms with E-state index in [-0.39, 0.29) is 11.9 Å². The third-order valence-electron chi connectivity index (χ3n) is 3.68. The van der Waals surface area contributed by atoms with Crippen molar-refractivity contribution in [2.24, 2.45) is 7.05 Å². The van der Waals surface area contributed by atoms with Crippen LogP contribution in [-0.2, 0) is 18.3 Å². The molecule has 0 saturated carbocycles. The quantitative estimate of drug-likeness (QED) is 0.869. The van der Waals surface area contributed by atoms with Crippen LogP contribution in [0.4, 0.5) is 0 Å². The molecule has 2 aromatic rings. The van der Waals surface area contributed by atoms with Crippen LogP contribution in [0, 0.1) is 6.92 Å². The van der Waals surface area contributed by atoms with Gasteiger partial charge in [-0.15, -0.1) is 11.3 Å². The standard InChI is InChI=1S/C14H18N4OS/c1-10-16-12(9-20-10)6-14(19)18-5-3-4-13(18)11-7-15-17(2)8-11/h7-9,13H,3-6H2,1-2H3/t13-/m1/s1. The summed E-state index contributed by atoms with van der Waals surface area (Å²) < 4.78 is 1.79. The summed E-state index contributed by atoms with van der Waals surface area (Å²) in [6.07, 6.45) is 6.35. The fraction of sp³-hybridized carbons (Fsp3) is 0.500. The Hall–Kier alpha value is -1.69. The average Bonchev–Trinajstić information content (AvgIpc) is 3.09. The van der Waals surface area contributed by atoms with Crippen LogP contribution < -0.4 is 0 Å². The molecule has 0 aliphatic carbocycles. The van der Waals surface area contributed by atoms with Gasteiger partial charge in [-0.3, -0.25) is 9.48 Å². The molecule has 2 aromatic heterocycles. The number of carbonyl (C=O) groups excluding carboxylic acids is 1. The molecular weight excluding hydrogens is 272 g/mol. The lowest BCUT2D eigenvalue weighted by molar-refractivity contribution is -0.131. The zero-order chi connectivity index (χ0) is 14.1. The molecule has 1 amide bonds. The van der Waals surface area contributed by atoms with Crippen LogP contribution in [0.3, 0.4) is 0 Å². The minimum Gasteiger partial charge on any atom is -0.335 e. The second-order valence-corrected chi connectivity index (χ2v) is 6.29. The Kier molecular flexibility index (Phi) is 3.56. The van der Waals surface area contributed by atoms with Crippen molar-refractivity contribution in [3.63, 3.8) is 0 Å². The summed E-state index contributed by atoms with van der Waals surface area (Å²) in [6, 6.07) is 0.177. The minimum absolute atomic E-state index is 0.168. The van der Waals surface area contributed by atoms with Crippen LogP contribution >= 0.6 is 11.3 Å². The number of carbonyl (C=O) groups is 1. The number of likely N-dealkylation sites (tertiary alicyclic amines) is 1. The predicted molar refractivity (Wildman–Crippen MR) is 77.5 cm³/mol. The number of thiazole rings is 1. The van der Waals surface area contributed by atoms with Crippen molar-refractivity contribution < 1.29 is 4.79 Å². The highest BCUT2D eigenvalue weighted by Crippen LogP contribution is 2.32. The zero-order valence-corrected chi connectivity index (χ0v) is 12.6. The number of aromatic nitrogens is 3. The van der Waals surface area contributed by atoms with Crippen LogP contribution in [0.15, 0.2) is 17.8 Å². The van der Waals surface area contributed by atoms with E-state index in [1.807, 2.05) is 36.6 Å². The summed E-state index contributed by atoms with van der Waals surface area (Å²) in [5.41, 5.74) is 2.02. The number of hydrogen-bond acceptors (Lipinski definition) is 4. The van der Waals surface area contributed by atoms with Gasteiger partial charge in [0, 0.05) is 30.7 Å². The first kappa shape index (κ1) is 13.3. The molecule has 106 valence electrons. The van der Waals surface area contributed by atoms with Crippen molar-refractivity contribution in [2.75, 3.05) is 6.54 Å². The van der Waals surface area contributed by atoms with Crippen LogP contribution in [0.1, 0.15) is 35.1 Å². The number of aryl methyl sites for hydroxylation is 2. The highest BCUT2D eigenvalue weighted by Gasteiger charge is 2.30. The molecule has 3 heterocycles. The number of hydrogen-bond donors (Lipinski definition) is 0. The van der Waals surface area contributed by atoms with E-state index in [0.29, 0.717) is 6.42 Å². The smallest absolute Gasteiger partial charge is 0.229 e. The summed E-state index contributed by atoms with van der Waals surface area (Å²) in [5.74, 6) is 0.168. The van der Waals surface area contributed by atoms with Gasteiger partial charge in [0.1, 0.15) is 0 Å². The van der Waals surface area contributed by atoms with Crippen LogP contribution in [0.25, 0.3) is 0 Å². The minimum atomic E-state index is 0.168. The molecule has 1 fully saturated rings. The molecule has 0 N–H and O–H groups in total. The van der Waals surface area contributed by atoms with Crippen LogP contribution in [0.2, 0.25) is 0 Å². The van der Waals surface area contributed by atoms with Crippen molar-refractivity contribution in [1.29, 1.82) is 0 Å². The average molecular weight is 290 g/mol. The van der Waals surface area contributed by atoms with Crippen molar-refractivity contribution >= 4 is 17.2 Å². The Morgan fingerprint density at radius 2 is 2.40 bits per heavy atom. The molecule has 5 nitrogen and oxygen atoms in total. The van der Waals surface area contributed by atoms with Gasteiger partial charge in [-0.25, -0.2) is 4.98 Å². The largest absolute Gasteiger partial charge is 0.335 e. The third kappa shape index (κ3) is 2.60. The van der Waals surface area contributed by atoms with Gasteiger partial charge in [-0.05, 0) is 19.8 Å². The lowest BCUT2D eigenvalue weighted by Crippen LogP contribution is -2.31. The molecule has 3 rings (SSSR count). The third-order valence-corrected chi connectivity index (χ3v) is 4.50. The van der Waals surface area contributed by atoms with Gasteiger partial charge in [0.2, 0.25) is 5.91 Å². The zero-order valence-electron chi connectivity index (χ0n) is 11.7. The predicted octanol–water partition coefficient (Wildman–Crippen LogP) is 2.09. The molecule has 20 heavy (non-hydrogen) atoms. The summed E-state index contributed by atoms with van der Waals surface area (Å²) in [6.45, 7) is 2.80. The summed E-state index contributed by atoms with van der Waals surface area (Å²) in [4.78, 5) is 18.8. The van der Waals surface area contributed by atoms with Gasteiger partial charge in [-0.1, -0.05) is 0 Å². The molecular formula is C14H18N4OS. The molecule has 1 atom stereocenters. The molecule has 1 aliphatic heterocycles. The van der Waals surface area contributed by atoms with Gasteiger partial charge in [0.05, 0.1) is 29.4 Å². The van der Waals surface area contributed by atoms with E-state index in [9.17, 15) is 4.79 Å². The number of rotatable bonds is 3. The van der Waals surface area contributed by atoms with E-state index in [1.54, 1.807) is 16.0 Å². The highest BCUT2D eigenvalue weighted by atomic mass is 32.1. The highest BCUT2D eigenvalue weighted by molar-refractivity contribution is 7.09. The van der Waals surface area contributed by atoms with Gasteiger partial charge in [-0.2, -0.15) is 5.10 Å². The fourth-order valence-electron chi connectivity index (χ4n) is 2.77. The molecule has 0 spiro atoms. The van der Waals surface area contributed by atoms with Crippen molar-refractivity contribution in [1.82, 2.24) is 19.7 Å². The summed E-state index contributed by atoms with van der Waals surface area (Å²) in [7, 11) is 1.91. The Balaban J connectivity index is 1.73. The second-order valence-electron chi connectivity index (χ2n) is 5.23. The molecule has 1 aliphatic rings. The fourth-order valence-corrected chi connectivity index (χ4v) is 3.38. The van der Waals surface area contributed by atoms with Gasteiger partial charge in [0.15, 0.2) is 0 Å². The molecule has 0 unspecified atom stereocenters. The lowest BCUT2D eigenvalue weighted by Gasteiger charge is -2.23. The van der Waals surface area contributed by atoms with Crippen molar-refractivity contribution in [3.8, 4) is 0 Å². The van der Waals surface area contributed by atoms with Crippen molar-refractivity contribution in [2.45, 2.75) is 32.2 Å². The van der Waals surface area contributed by atoms with Gasteiger partial charge in [0.25, 0.3) is 0 Å². The van der Waals surface area contributed by atoms with E-state index in [0.717, 1.165) is 35.7 Å². The van der Waals surface area contributed by atoms with Gasteiger partial charge >= 0.3 is 0 Å². The van der Waals surface area contributed by atoms with Crippen LogP contribution in [0.5, 0.6) is 0 Å². The molecule has 1 saturated heterocycles. The summed E-state index contributed by atoms with van der Waals surface area (Å²) in [5, 5.41) is 7.20. The Morgan fingerprint density at radius 1 is 1.55 bits per heavy atom. The van der Waals surface area contributed by atoms with E-state index >= 15 is 0 Å². The number of amides is 1. The first-order valence-electron chi connectivity index (χ1n) is 6.82. The molecule has 6 heteroatoms. The summed E-state index contributed by atoms with van der Waals surface area (Å²) >= 11 is 1.59. The first-order valence-corrected chi connectivity index (χ1v) is 7.70. The molecule has 0 radical (unpaired) electrons. The van der Waals surface area contributed by atoms with E-state index < -0.39 is 0 Å². The van der Waals surface area contributed by atoms with E-state index in [2.05, 4.69) is 10.1 Å². The Labute approximate surface area is 122 Å².